The van der Waals surface area contributed by atoms with E-state index in [1.165, 1.54) is 12.8 Å². The van der Waals surface area contributed by atoms with Crippen molar-refractivity contribution in [2.75, 3.05) is 7.11 Å². The van der Waals surface area contributed by atoms with E-state index in [-0.39, 0.29) is 11.6 Å². The summed E-state index contributed by atoms with van der Waals surface area (Å²) in [5, 5.41) is 0. The van der Waals surface area contributed by atoms with Gasteiger partial charge in [-0.3, -0.25) is 0 Å². The predicted molar refractivity (Wildman–Crippen MR) is 80.3 cm³/mol. The molecule has 1 aromatic heterocycles. The van der Waals surface area contributed by atoms with Gasteiger partial charge in [-0.15, -0.1) is 0 Å². The lowest BCUT2D eigenvalue weighted by Crippen LogP contribution is -2.36. The second kappa shape index (κ2) is 6.64. The summed E-state index contributed by atoms with van der Waals surface area (Å²) in [7, 11) is 1.78. The third kappa shape index (κ3) is 3.36. The lowest BCUT2D eigenvalue weighted by atomic mass is 9.78. The maximum Gasteiger partial charge on any atom is 0.160 e. The number of aromatic nitrogens is 2. The van der Waals surface area contributed by atoms with Gasteiger partial charge < -0.3 is 10.5 Å². The van der Waals surface area contributed by atoms with Crippen molar-refractivity contribution >= 4 is 0 Å². The fraction of sp³-hybridized carbons (Fsp3) is 0.750. The van der Waals surface area contributed by atoms with Gasteiger partial charge >= 0.3 is 0 Å². The molecule has 1 fully saturated rings. The number of nitrogens with two attached hydrogens (primary N) is 1. The first-order valence-electron chi connectivity index (χ1n) is 7.71. The van der Waals surface area contributed by atoms with Crippen molar-refractivity contribution in [1.29, 1.82) is 0 Å². The molecule has 3 atom stereocenters. The Hall–Kier alpha value is -1.00. The number of methoxy groups -OCH3 is 1. The average molecular weight is 277 g/mol. The number of hydrogen-bond donors (Lipinski definition) is 1. The molecular formula is C16H27N3O. The second-order valence-corrected chi connectivity index (χ2v) is 6.19. The third-order valence-electron chi connectivity index (χ3n) is 4.48. The number of ether oxygens (including phenoxy) is 1. The topological polar surface area (TPSA) is 61.0 Å². The van der Waals surface area contributed by atoms with Gasteiger partial charge in [0.2, 0.25) is 0 Å². The third-order valence-corrected chi connectivity index (χ3v) is 4.48. The Morgan fingerprint density at radius 2 is 2.15 bits per heavy atom. The molecule has 20 heavy (non-hydrogen) atoms. The first-order valence-corrected chi connectivity index (χ1v) is 7.71. The van der Waals surface area contributed by atoms with E-state index >= 15 is 0 Å². The highest BCUT2D eigenvalue weighted by molar-refractivity contribution is 5.12. The van der Waals surface area contributed by atoms with E-state index in [0.717, 1.165) is 37.1 Å². The molecule has 0 aliphatic heterocycles. The van der Waals surface area contributed by atoms with E-state index < -0.39 is 0 Å². The monoisotopic (exact) mass is 277 g/mol. The summed E-state index contributed by atoms with van der Waals surface area (Å²) in [5.74, 6) is 1.50. The molecule has 1 saturated carbocycles. The number of nitrogens with zero attached hydrogens (tertiary/aromatic N) is 2. The van der Waals surface area contributed by atoms with Gasteiger partial charge in [0.05, 0.1) is 0 Å². The smallest absolute Gasteiger partial charge is 0.160 e. The molecule has 0 bridgehead atoms. The van der Waals surface area contributed by atoms with E-state index in [0.29, 0.717) is 5.92 Å². The van der Waals surface area contributed by atoms with Crippen LogP contribution in [0.25, 0.3) is 0 Å². The van der Waals surface area contributed by atoms with Gasteiger partial charge in [0.15, 0.2) is 5.82 Å². The largest absolute Gasteiger partial charge is 0.370 e. The van der Waals surface area contributed by atoms with Crippen LogP contribution in [0.1, 0.15) is 57.3 Å². The van der Waals surface area contributed by atoms with Crippen LogP contribution in [0.4, 0.5) is 0 Å². The van der Waals surface area contributed by atoms with Gasteiger partial charge in [0, 0.05) is 25.5 Å². The van der Waals surface area contributed by atoms with Crippen LogP contribution in [0.2, 0.25) is 0 Å². The highest BCUT2D eigenvalue weighted by Gasteiger charge is 2.39. The summed E-state index contributed by atoms with van der Waals surface area (Å²) in [6, 6.07) is 0.190. The van der Waals surface area contributed by atoms with Gasteiger partial charge in [-0.2, -0.15) is 0 Å². The summed E-state index contributed by atoms with van der Waals surface area (Å²) in [6.07, 6.45) is 10.1. The highest BCUT2D eigenvalue weighted by Crippen LogP contribution is 2.40. The molecule has 0 amide bonds. The van der Waals surface area contributed by atoms with Crippen molar-refractivity contribution in [1.82, 2.24) is 9.97 Å². The van der Waals surface area contributed by atoms with Crippen LogP contribution < -0.4 is 5.73 Å². The molecule has 3 unspecified atom stereocenters. The summed E-state index contributed by atoms with van der Waals surface area (Å²) < 4.78 is 5.83. The summed E-state index contributed by atoms with van der Waals surface area (Å²) >= 11 is 0. The first kappa shape index (κ1) is 15.4. The fourth-order valence-corrected chi connectivity index (χ4v) is 3.13. The summed E-state index contributed by atoms with van der Waals surface area (Å²) in [6.45, 7) is 4.38. The molecule has 2 rings (SSSR count). The molecule has 1 aromatic rings. The fourth-order valence-electron chi connectivity index (χ4n) is 3.13. The normalized spacial score (nSPS) is 28.3. The van der Waals surface area contributed by atoms with Crippen molar-refractivity contribution in [2.45, 2.75) is 64.0 Å². The van der Waals surface area contributed by atoms with Crippen LogP contribution in [0.15, 0.2) is 12.4 Å². The molecule has 0 aromatic carbocycles. The van der Waals surface area contributed by atoms with Gasteiger partial charge in [0.25, 0.3) is 0 Å². The minimum atomic E-state index is -0.289. The number of hydrogen-bond acceptors (Lipinski definition) is 4. The minimum Gasteiger partial charge on any atom is -0.370 e. The van der Waals surface area contributed by atoms with Crippen molar-refractivity contribution in [2.24, 2.45) is 11.7 Å². The Labute approximate surface area is 122 Å². The quantitative estimate of drug-likeness (QED) is 0.899. The van der Waals surface area contributed by atoms with Crippen LogP contribution in [0.3, 0.4) is 0 Å². The van der Waals surface area contributed by atoms with E-state index in [1.807, 2.05) is 12.4 Å². The van der Waals surface area contributed by atoms with Gasteiger partial charge in [-0.05, 0) is 43.6 Å². The Morgan fingerprint density at radius 1 is 1.45 bits per heavy atom. The SMILES string of the molecule is CCC(N)Cc1cnc(C2(OC)CCCC(C)C2)nc1. The van der Waals surface area contributed by atoms with Crippen molar-refractivity contribution in [3.05, 3.63) is 23.8 Å². The standard InChI is InChI=1S/C16H27N3O/c1-4-14(17)8-13-10-18-15(19-11-13)16(20-3)7-5-6-12(2)9-16/h10-12,14H,4-9,17H2,1-3H3. The molecule has 0 saturated heterocycles. The van der Waals surface area contributed by atoms with E-state index in [2.05, 4.69) is 23.8 Å². The second-order valence-electron chi connectivity index (χ2n) is 6.19. The Bertz CT molecular complexity index is 420. The summed E-state index contributed by atoms with van der Waals surface area (Å²) in [4.78, 5) is 9.15. The van der Waals surface area contributed by atoms with E-state index in [4.69, 9.17) is 10.5 Å². The molecule has 1 heterocycles. The average Bonchev–Trinajstić information content (AvgIpc) is 2.47. The Balaban J connectivity index is 2.15. The molecule has 0 spiro atoms. The van der Waals surface area contributed by atoms with E-state index in [1.54, 1.807) is 7.11 Å². The molecule has 0 radical (unpaired) electrons. The first-order chi connectivity index (χ1) is 9.59. The minimum absolute atomic E-state index is 0.190. The lowest BCUT2D eigenvalue weighted by Gasteiger charge is -2.37. The Kier molecular flexibility index (Phi) is 5.11. The molecule has 4 heteroatoms. The zero-order valence-electron chi connectivity index (χ0n) is 12.9. The maximum atomic E-state index is 5.98. The molecule has 2 N–H and O–H groups in total. The van der Waals surface area contributed by atoms with Crippen molar-refractivity contribution in [3.63, 3.8) is 0 Å². The van der Waals surface area contributed by atoms with Gasteiger partial charge in [-0.1, -0.05) is 20.3 Å². The van der Waals surface area contributed by atoms with Crippen LogP contribution in [-0.4, -0.2) is 23.1 Å². The molecule has 112 valence electrons. The highest BCUT2D eigenvalue weighted by atomic mass is 16.5. The maximum absolute atomic E-state index is 5.98. The van der Waals surface area contributed by atoms with Gasteiger partial charge in [-0.25, -0.2) is 9.97 Å². The van der Waals surface area contributed by atoms with E-state index in [9.17, 15) is 0 Å². The summed E-state index contributed by atoms with van der Waals surface area (Å²) in [5.41, 5.74) is 6.80. The van der Waals surface area contributed by atoms with Crippen molar-refractivity contribution < 1.29 is 4.74 Å². The van der Waals surface area contributed by atoms with Crippen LogP contribution >= 0.6 is 0 Å². The van der Waals surface area contributed by atoms with Crippen LogP contribution in [-0.2, 0) is 16.8 Å². The van der Waals surface area contributed by atoms with Crippen LogP contribution in [0.5, 0.6) is 0 Å². The number of rotatable bonds is 5. The molecular weight excluding hydrogens is 250 g/mol. The molecule has 1 aliphatic rings. The van der Waals surface area contributed by atoms with Crippen LogP contribution in [0, 0.1) is 5.92 Å². The van der Waals surface area contributed by atoms with Crippen molar-refractivity contribution in [3.8, 4) is 0 Å². The zero-order chi connectivity index (χ0) is 14.6. The molecule has 4 nitrogen and oxygen atoms in total. The molecule has 1 aliphatic carbocycles. The predicted octanol–water partition coefficient (Wildman–Crippen LogP) is 2.81. The van der Waals surface area contributed by atoms with Gasteiger partial charge in [0.1, 0.15) is 5.60 Å². The lowest BCUT2D eigenvalue weighted by molar-refractivity contribution is -0.0646. The zero-order valence-corrected chi connectivity index (χ0v) is 12.9. The Morgan fingerprint density at radius 3 is 2.70 bits per heavy atom.